The Morgan fingerprint density at radius 2 is 1.83 bits per heavy atom. The first-order valence-electron chi connectivity index (χ1n) is 8.34. The fraction of sp³-hybridized carbons (Fsp3) is 0. The molecule has 0 atom stereocenters. The second-order valence-electron chi connectivity index (χ2n) is 3.95. The van der Waals surface area contributed by atoms with Crippen molar-refractivity contribution in [1.29, 1.82) is 0 Å². The third-order valence-electron chi connectivity index (χ3n) is 2.88. The summed E-state index contributed by atoms with van der Waals surface area (Å²) < 4.78 is 55.1. The molecule has 0 saturated heterocycles. The zero-order chi connectivity index (χ0) is 17.3. The molecule has 0 aliphatic heterocycles. The van der Waals surface area contributed by atoms with Crippen molar-refractivity contribution in [3.05, 3.63) is 58.9 Å². The van der Waals surface area contributed by atoms with Crippen molar-refractivity contribution in [3.8, 4) is 0 Å². The number of furan rings is 1. The molecule has 0 amide bonds. The summed E-state index contributed by atoms with van der Waals surface area (Å²) in [5.41, 5.74) is 0.715. The molecule has 0 aliphatic carbocycles. The SMILES string of the molecule is [2H]c1c([2H])c([2H])c2c(c1[2H])c([2H])c([2H])c1c3cc(Br)ccc3oc21. The van der Waals surface area contributed by atoms with Crippen LogP contribution in [-0.2, 0) is 0 Å². The average molecular weight is 303 g/mol. The number of fused-ring (bicyclic) bond motifs is 5. The first-order valence-corrected chi connectivity index (χ1v) is 6.13. The average Bonchev–Trinajstić information content (AvgIpc) is 2.92. The Morgan fingerprint density at radius 3 is 2.78 bits per heavy atom. The summed E-state index contributed by atoms with van der Waals surface area (Å²) in [6.45, 7) is 0. The Bertz CT molecular complexity index is 1180. The van der Waals surface area contributed by atoms with Crippen molar-refractivity contribution in [2.45, 2.75) is 0 Å². The largest absolute Gasteiger partial charge is 0.455 e. The molecule has 0 N–H and O–H groups in total. The van der Waals surface area contributed by atoms with Gasteiger partial charge in [0.15, 0.2) is 0 Å². The second-order valence-corrected chi connectivity index (χ2v) is 4.86. The van der Waals surface area contributed by atoms with E-state index in [1.165, 1.54) is 0 Å². The predicted octanol–water partition coefficient (Wildman–Crippen LogP) is 5.50. The van der Waals surface area contributed by atoms with E-state index in [1.54, 1.807) is 18.2 Å². The van der Waals surface area contributed by atoms with E-state index in [9.17, 15) is 0 Å². The van der Waals surface area contributed by atoms with Gasteiger partial charge in [0.1, 0.15) is 11.2 Å². The Balaban J connectivity index is 2.42. The van der Waals surface area contributed by atoms with Crippen LogP contribution in [0.2, 0.25) is 0 Å². The lowest BCUT2D eigenvalue weighted by atomic mass is 10.1. The lowest BCUT2D eigenvalue weighted by molar-refractivity contribution is 0.672. The maximum absolute atomic E-state index is 8.32. The zero-order valence-corrected chi connectivity index (χ0v) is 10.6. The van der Waals surface area contributed by atoms with Crippen molar-refractivity contribution in [1.82, 2.24) is 0 Å². The van der Waals surface area contributed by atoms with E-state index >= 15 is 0 Å². The summed E-state index contributed by atoms with van der Waals surface area (Å²) in [4.78, 5) is 0. The third-order valence-corrected chi connectivity index (χ3v) is 3.37. The van der Waals surface area contributed by atoms with Crippen LogP contribution in [0.25, 0.3) is 32.7 Å². The van der Waals surface area contributed by atoms with Crippen molar-refractivity contribution in [3.63, 3.8) is 0 Å². The Kier molecular flexibility index (Phi) is 1.18. The highest BCUT2D eigenvalue weighted by molar-refractivity contribution is 9.10. The van der Waals surface area contributed by atoms with E-state index in [1.807, 2.05) is 0 Å². The lowest BCUT2D eigenvalue weighted by Gasteiger charge is -1.97. The molecule has 0 aliphatic rings. The van der Waals surface area contributed by atoms with Gasteiger partial charge in [-0.25, -0.2) is 0 Å². The number of hydrogen-bond acceptors (Lipinski definition) is 1. The number of benzene rings is 3. The minimum absolute atomic E-state index is 0.0108. The molecule has 3 aromatic carbocycles. The molecular formula is C16H9BrO. The number of halogens is 1. The maximum atomic E-state index is 8.32. The molecule has 1 nitrogen and oxygen atoms in total. The van der Waals surface area contributed by atoms with Gasteiger partial charge in [-0.15, -0.1) is 0 Å². The third kappa shape index (κ3) is 1.33. The van der Waals surface area contributed by atoms with Crippen molar-refractivity contribution < 1.29 is 12.6 Å². The second kappa shape index (κ2) is 3.59. The van der Waals surface area contributed by atoms with E-state index < -0.39 is 6.04 Å². The molecule has 0 saturated carbocycles. The van der Waals surface area contributed by atoms with Gasteiger partial charge in [0.2, 0.25) is 0 Å². The number of rotatable bonds is 0. The van der Waals surface area contributed by atoms with Crippen LogP contribution in [0.1, 0.15) is 8.22 Å². The first kappa shape index (κ1) is 5.89. The Hall–Kier alpha value is -1.80. The van der Waals surface area contributed by atoms with E-state index in [-0.39, 0.29) is 46.6 Å². The molecule has 0 unspecified atom stereocenters. The van der Waals surface area contributed by atoms with Gasteiger partial charge in [-0.3, -0.25) is 0 Å². The molecule has 18 heavy (non-hydrogen) atoms. The highest BCUT2D eigenvalue weighted by Crippen LogP contribution is 2.34. The monoisotopic (exact) mass is 302 g/mol. The standard InChI is InChI=1S/C16H9BrO/c17-11-6-8-15-14(9-11)13-7-5-10-3-1-2-4-12(10)16(13)18-15/h1-9H/i1D,2D,3D,4D,5D,7D. The Labute approximate surface area is 121 Å². The summed E-state index contributed by atoms with van der Waals surface area (Å²) in [6, 6.07) is 3.55. The van der Waals surface area contributed by atoms with Crippen molar-refractivity contribution in [2.24, 2.45) is 0 Å². The lowest BCUT2D eigenvalue weighted by Crippen LogP contribution is -1.72. The zero-order valence-electron chi connectivity index (χ0n) is 15.0. The molecular weight excluding hydrogens is 288 g/mol. The van der Waals surface area contributed by atoms with Crippen molar-refractivity contribution >= 4 is 48.6 Å². The van der Waals surface area contributed by atoms with Gasteiger partial charge in [-0.05, 0) is 29.6 Å². The fourth-order valence-corrected chi connectivity index (χ4v) is 2.43. The molecule has 2 heteroatoms. The van der Waals surface area contributed by atoms with Crippen LogP contribution >= 0.6 is 15.9 Å². The quantitative estimate of drug-likeness (QED) is 0.418. The van der Waals surface area contributed by atoms with Gasteiger partial charge >= 0.3 is 0 Å². The summed E-state index contributed by atoms with van der Waals surface area (Å²) in [6.07, 6.45) is 0. The number of hydrogen-bond donors (Lipinski definition) is 0. The summed E-state index contributed by atoms with van der Waals surface area (Å²) in [5.74, 6) is 0. The van der Waals surface area contributed by atoms with E-state index in [2.05, 4.69) is 15.9 Å². The van der Waals surface area contributed by atoms with Crippen LogP contribution in [0.4, 0.5) is 0 Å². The molecule has 1 aromatic heterocycles. The van der Waals surface area contributed by atoms with Gasteiger partial charge in [0.05, 0.1) is 8.22 Å². The minimum atomic E-state index is -0.418. The van der Waals surface area contributed by atoms with Crippen LogP contribution in [0, 0.1) is 0 Å². The highest BCUT2D eigenvalue weighted by atomic mass is 79.9. The van der Waals surface area contributed by atoms with Crippen molar-refractivity contribution in [2.75, 3.05) is 0 Å². The van der Waals surface area contributed by atoms with E-state index in [0.29, 0.717) is 16.4 Å². The predicted molar refractivity (Wildman–Crippen MR) is 78.9 cm³/mol. The smallest absolute Gasteiger partial charge is 0.143 e. The maximum Gasteiger partial charge on any atom is 0.143 e. The molecule has 0 bridgehead atoms. The van der Waals surface area contributed by atoms with Crippen LogP contribution in [-0.4, -0.2) is 0 Å². The topological polar surface area (TPSA) is 13.1 Å². The molecule has 4 aromatic rings. The minimum Gasteiger partial charge on any atom is -0.455 e. The molecule has 4 rings (SSSR count). The van der Waals surface area contributed by atoms with Gasteiger partial charge in [-0.2, -0.15) is 0 Å². The van der Waals surface area contributed by atoms with Gasteiger partial charge in [0.25, 0.3) is 0 Å². The van der Waals surface area contributed by atoms with E-state index in [4.69, 9.17) is 12.6 Å². The molecule has 0 spiro atoms. The first-order chi connectivity index (χ1) is 11.3. The van der Waals surface area contributed by atoms with Crippen LogP contribution < -0.4 is 0 Å². The summed E-state index contributed by atoms with van der Waals surface area (Å²) in [5, 5.41) is 1.17. The Morgan fingerprint density at radius 1 is 0.944 bits per heavy atom. The van der Waals surface area contributed by atoms with Crippen LogP contribution in [0.15, 0.2) is 63.3 Å². The van der Waals surface area contributed by atoms with Gasteiger partial charge in [-0.1, -0.05) is 46.1 Å². The highest BCUT2D eigenvalue weighted by Gasteiger charge is 2.09. The molecule has 0 radical (unpaired) electrons. The molecule has 86 valence electrons. The molecule has 0 fully saturated rings. The van der Waals surface area contributed by atoms with Gasteiger partial charge in [0, 0.05) is 20.6 Å². The summed E-state index contributed by atoms with van der Waals surface area (Å²) >= 11 is 3.37. The van der Waals surface area contributed by atoms with Gasteiger partial charge < -0.3 is 4.42 Å². The van der Waals surface area contributed by atoms with Crippen LogP contribution in [0.3, 0.4) is 0 Å². The summed E-state index contributed by atoms with van der Waals surface area (Å²) in [7, 11) is 0. The molecule has 1 heterocycles. The normalized spacial score (nSPS) is 16.3. The van der Waals surface area contributed by atoms with Crippen LogP contribution in [0.5, 0.6) is 0 Å². The fourth-order valence-electron chi connectivity index (χ4n) is 2.07. The van der Waals surface area contributed by atoms with E-state index in [0.717, 1.165) is 4.47 Å².